The molecule has 1 aliphatic heterocycles. The number of tetrazole rings is 1. The third kappa shape index (κ3) is 4.07. The van der Waals surface area contributed by atoms with Gasteiger partial charge in [-0.1, -0.05) is 0 Å². The first kappa shape index (κ1) is 19.7. The van der Waals surface area contributed by atoms with Crippen LogP contribution >= 0.6 is 0 Å². The van der Waals surface area contributed by atoms with Crippen LogP contribution < -0.4 is 5.32 Å². The number of aryl methyl sites for hydroxylation is 1. The van der Waals surface area contributed by atoms with Crippen molar-refractivity contribution in [3.05, 3.63) is 23.4 Å². The molecule has 1 N–H and O–H groups in total. The molecule has 29 heavy (non-hydrogen) atoms. The fourth-order valence-electron chi connectivity index (χ4n) is 4.53. The molecular weight excluding hydrogens is 370 g/mol. The number of likely N-dealkylation sites (tertiary alicyclic amines) is 1. The lowest BCUT2D eigenvalue weighted by Gasteiger charge is -2.40. The van der Waals surface area contributed by atoms with E-state index in [1.54, 1.807) is 0 Å². The number of carbonyl (C=O) groups excluding carboxylic acids is 1. The summed E-state index contributed by atoms with van der Waals surface area (Å²) in [5.74, 6) is 1.80. The van der Waals surface area contributed by atoms with E-state index >= 15 is 0 Å². The first-order valence-electron chi connectivity index (χ1n) is 10.2. The van der Waals surface area contributed by atoms with Gasteiger partial charge in [-0.2, -0.15) is 0 Å². The molecule has 0 radical (unpaired) electrons. The molecule has 2 aliphatic rings. The highest BCUT2D eigenvalue weighted by Gasteiger charge is 2.45. The van der Waals surface area contributed by atoms with Crippen molar-refractivity contribution in [3.63, 3.8) is 0 Å². The van der Waals surface area contributed by atoms with E-state index in [0.717, 1.165) is 62.7 Å². The number of carbonyl (C=O) groups is 1. The maximum absolute atomic E-state index is 12.8. The number of likely N-dealkylation sites (N-methyl/N-ethyl adjacent to an activating group) is 1. The first-order valence-corrected chi connectivity index (χ1v) is 10.2. The summed E-state index contributed by atoms with van der Waals surface area (Å²) in [5, 5.41) is 14.5. The van der Waals surface area contributed by atoms with Crippen LogP contribution in [0.15, 0.2) is 6.33 Å². The molecule has 0 bridgehead atoms. The zero-order chi connectivity index (χ0) is 20.4. The highest BCUT2D eigenvalue weighted by atomic mass is 16.2. The van der Waals surface area contributed by atoms with E-state index in [0.29, 0.717) is 6.54 Å². The second-order valence-electron chi connectivity index (χ2n) is 8.38. The van der Waals surface area contributed by atoms with Crippen LogP contribution in [0.5, 0.6) is 0 Å². The molecular formula is C19H29N9O. The van der Waals surface area contributed by atoms with Gasteiger partial charge in [0.1, 0.15) is 24.5 Å². The zero-order valence-corrected chi connectivity index (χ0v) is 17.4. The van der Waals surface area contributed by atoms with Gasteiger partial charge in [0, 0.05) is 37.2 Å². The van der Waals surface area contributed by atoms with Gasteiger partial charge in [-0.15, -0.1) is 5.10 Å². The van der Waals surface area contributed by atoms with Gasteiger partial charge in [-0.25, -0.2) is 14.6 Å². The first-order chi connectivity index (χ1) is 14.0. The van der Waals surface area contributed by atoms with Crippen LogP contribution in [0, 0.1) is 6.92 Å². The molecule has 0 saturated carbocycles. The van der Waals surface area contributed by atoms with Crippen molar-refractivity contribution < 1.29 is 4.79 Å². The van der Waals surface area contributed by atoms with E-state index in [1.807, 2.05) is 11.8 Å². The lowest BCUT2D eigenvalue weighted by Crippen LogP contribution is -2.49. The highest BCUT2D eigenvalue weighted by molar-refractivity contribution is 5.76. The maximum atomic E-state index is 12.8. The zero-order valence-electron chi connectivity index (χ0n) is 17.4. The fourth-order valence-corrected chi connectivity index (χ4v) is 4.53. The molecule has 10 nitrogen and oxygen atoms in total. The van der Waals surface area contributed by atoms with Gasteiger partial charge in [-0.3, -0.25) is 4.79 Å². The fraction of sp³-hybridized carbons (Fsp3) is 0.684. The molecule has 0 aromatic carbocycles. The smallest absolute Gasteiger partial charge is 0.244 e. The van der Waals surface area contributed by atoms with Gasteiger partial charge < -0.3 is 15.1 Å². The van der Waals surface area contributed by atoms with Gasteiger partial charge in [-0.05, 0) is 57.1 Å². The Morgan fingerprint density at radius 1 is 1.31 bits per heavy atom. The van der Waals surface area contributed by atoms with E-state index in [9.17, 15) is 4.79 Å². The Kier molecular flexibility index (Phi) is 5.44. The van der Waals surface area contributed by atoms with Crippen LogP contribution in [0.25, 0.3) is 0 Å². The Morgan fingerprint density at radius 3 is 2.93 bits per heavy atom. The Bertz CT molecular complexity index is 867. The summed E-state index contributed by atoms with van der Waals surface area (Å²) in [4.78, 5) is 26.5. The van der Waals surface area contributed by atoms with Crippen LogP contribution in [0.4, 0.5) is 5.82 Å². The van der Waals surface area contributed by atoms with Crippen molar-refractivity contribution in [2.45, 2.75) is 44.6 Å². The SMILES string of the molecule is Cc1nc(NCCN(C)C)c2c(n1)C1(CCCN(C(=O)Cn3cnnn3)C1)CC2. The summed E-state index contributed by atoms with van der Waals surface area (Å²) >= 11 is 0. The Balaban J connectivity index is 1.54. The number of hydrogen-bond donors (Lipinski definition) is 1. The lowest BCUT2D eigenvalue weighted by atomic mass is 9.77. The normalized spacial score (nSPS) is 21.0. The molecule has 3 heterocycles. The molecule has 1 aliphatic carbocycles. The summed E-state index contributed by atoms with van der Waals surface area (Å²) in [6.07, 6.45) is 5.48. The predicted molar refractivity (Wildman–Crippen MR) is 107 cm³/mol. The van der Waals surface area contributed by atoms with E-state index < -0.39 is 0 Å². The number of nitrogens with zero attached hydrogens (tertiary/aromatic N) is 8. The average Bonchev–Trinajstić information content (AvgIpc) is 3.31. The molecule has 1 amide bonds. The molecule has 1 spiro atoms. The van der Waals surface area contributed by atoms with Crippen LogP contribution in [0.1, 0.15) is 36.3 Å². The van der Waals surface area contributed by atoms with Crippen LogP contribution in [-0.2, 0) is 23.2 Å². The topological polar surface area (TPSA) is 105 Å². The second kappa shape index (κ2) is 8.02. The predicted octanol–water partition coefficient (Wildman–Crippen LogP) is 0.252. The number of anilines is 1. The van der Waals surface area contributed by atoms with Crippen molar-refractivity contribution in [3.8, 4) is 0 Å². The van der Waals surface area contributed by atoms with Crippen molar-refractivity contribution >= 4 is 11.7 Å². The van der Waals surface area contributed by atoms with Gasteiger partial charge >= 0.3 is 0 Å². The molecule has 1 fully saturated rings. The highest BCUT2D eigenvalue weighted by Crippen LogP contribution is 2.45. The molecule has 2 aromatic heterocycles. The summed E-state index contributed by atoms with van der Waals surface area (Å²) in [6, 6.07) is 0. The minimum atomic E-state index is -0.0739. The monoisotopic (exact) mass is 399 g/mol. The van der Waals surface area contributed by atoms with E-state index in [2.05, 4.69) is 44.8 Å². The molecule has 10 heteroatoms. The third-order valence-electron chi connectivity index (χ3n) is 5.94. The van der Waals surface area contributed by atoms with Crippen molar-refractivity contribution in [1.29, 1.82) is 0 Å². The minimum absolute atomic E-state index is 0.0555. The van der Waals surface area contributed by atoms with Crippen molar-refractivity contribution in [2.24, 2.45) is 0 Å². The summed E-state index contributed by atoms with van der Waals surface area (Å²) < 4.78 is 1.48. The summed E-state index contributed by atoms with van der Waals surface area (Å²) in [7, 11) is 4.13. The van der Waals surface area contributed by atoms with Crippen LogP contribution in [-0.4, -0.2) is 86.2 Å². The molecule has 1 saturated heterocycles. The summed E-state index contributed by atoms with van der Waals surface area (Å²) in [6.45, 7) is 5.40. The number of nitrogens with one attached hydrogen (secondary N) is 1. The molecule has 156 valence electrons. The Morgan fingerprint density at radius 2 is 2.17 bits per heavy atom. The number of aromatic nitrogens is 6. The van der Waals surface area contributed by atoms with Gasteiger partial charge in [0.05, 0.1) is 5.69 Å². The average molecular weight is 400 g/mol. The maximum Gasteiger partial charge on any atom is 0.244 e. The Hall–Kier alpha value is -2.62. The summed E-state index contributed by atoms with van der Waals surface area (Å²) in [5.41, 5.74) is 2.29. The molecule has 1 unspecified atom stereocenters. The van der Waals surface area contributed by atoms with E-state index in [4.69, 9.17) is 4.98 Å². The largest absolute Gasteiger partial charge is 0.368 e. The van der Waals surface area contributed by atoms with E-state index in [-0.39, 0.29) is 17.9 Å². The van der Waals surface area contributed by atoms with E-state index in [1.165, 1.54) is 16.6 Å². The molecule has 2 aromatic rings. The van der Waals surface area contributed by atoms with Gasteiger partial charge in [0.15, 0.2) is 0 Å². The minimum Gasteiger partial charge on any atom is -0.368 e. The number of amides is 1. The number of piperidine rings is 1. The molecule has 1 atom stereocenters. The van der Waals surface area contributed by atoms with Crippen molar-refractivity contribution in [2.75, 3.05) is 45.6 Å². The van der Waals surface area contributed by atoms with Gasteiger partial charge in [0.2, 0.25) is 5.91 Å². The quantitative estimate of drug-likeness (QED) is 0.737. The van der Waals surface area contributed by atoms with Gasteiger partial charge in [0.25, 0.3) is 0 Å². The standard InChI is InChI=1S/C19H29N9O/c1-14-22-17-15(18(23-14)20-8-10-26(2)3)5-7-19(17)6-4-9-27(12-19)16(29)11-28-13-21-24-25-28/h13H,4-12H2,1-3H3,(H,20,22,23). The number of hydrogen-bond acceptors (Lipinski definition) is 8. The van der Waals surface area contributed by atoms with Crippen LogP contribution in [0.3, 0.4) is 0 Å². The Labute approximate surface area is 170 Å². The molecule has 4 rings (SSSR count). The van der Waals surface area contributed by atoms with Crippen molar-refractivity contribution in [1.82, 2.24) is 40.0 Å². The second-order valence-corrected chi connectivity index (χ2v) is 8.38. The van der Waals surface area contributed by atoms with Crippen LogP contribution in [0.2, 0.25) is 0 Å². The number of rotatable bonds is 6. The third-order valence-corrected chi connectivity index (χ3v) is 5.94. The lowest BCUT2D eigenvalue weighted by molar-refractivity contribution is -0.134. The number of fused-ring (bicyclic) bond motifs is 2.